The lowest BCUT2D eigenvalue weighted by Crippen LogP contribution is -2.35. The van der Waals surface area contributed by atoms with E-state index >= 15 is 0 Å². The van der Waals surface area contributed by atoms with Crippen LogP contribution in [0.25, 0.3) is 0 Å². The maximum Gasteiger partial charge on any atom is 0.254 e. The standard InChI is InChI=1S/C14H13NO2S/c16-12-3-1-10(2-4-12)14(17)15-7-5-13-11(9-15)6-8-18-13/h1-4,6,8,16H,5,7,9H2. The summed E-state index contributed by atoms with van der Waals surface area (Å²) in [7, 11) is 0. The van der Waals surface area contributed by atoms with E-state index in [1.165, 1.54) is 10.4 Å². The van der Waals surface area contributed by atoms with Crippen LogP contribution in [0.3, 0.4) is 0 Å². The number of hydrogen-bond acceptors (Lipinski definition) is 3. The van der Waals surface area contributed by atoms with Crippen molar-refractivity contribution in [1.29, 1.82) is 0 Å². The summed E-state index contributed by atoms with van der Waals surface area (Å²) in [5, 5.41) is 11.3. The second-order valence-corrected chi connectivity index (χ2v) is 5.39. The summed E-state index contributed by atoms with van der Waals surface area (Å²) in [6, 6.07) is 8.53. The molecule has 0 fully saturated rings. The Bertz CT molecular complexity index is 574. The third-order valence-electron chi connectivity index (χ3n) is 3.21. The summed E-state index contributed by atoms with van der Waals surface area (Å²) in [6.45, 7) is 1.46. The van der Waals surface area contributed by atoms with E-state index in [-0.39, 0.29) is 11.7 Å². The average Bonchev–Trinajstić information content (AvgIpc) is 2.86. The van der Waals surface area contributed by atoms with Gasteiger partial charge >= 0.3 is 0 Å². The molecule has 2 aromatic rings. The molecule has 4 heteroatoms. The summed E-state index contributed by atoms with van der Waals surface area (Å²) in [5.74, 6) is 0.220. The van der Waals surface area contributed by atoms with Crippen molar-refractivity contribution in [3.63, 3.8) is 0 Å². The van der Waals surface area contributed by atoms with Crippen LogP contribution in [0.1, 0.15) is 20.8 Å². The van der Waals surface area contributed by atoms with Crippen LogP contribution < -0.4 is 0 Å². The number of phenols is 1. The van der Waals surface area contributed by atoms with Gasteiger partial charge in [0.1, 0.15) is 5.75 Å². The van der Waals surface area contributed by atoms with E-state index in [2.05, 4.69) is 11.4 Å². The highest BCUT2D eigenvalue weighted by Crippen LogP contribution is 2.25. The molecule has 0 bridgehead atoms. The molecule has 1 N–H and O–H groups in total. The molecule has 2 heterocycles. The highest BCUT2D eigenvalue weighted by Gasteiger charge is 2.22. The Kier molecular flexibility index (Phi) is 2.80. The molecule has 92 valence electrons. The van der Waals surface area contributed by atoms with Crippen molar-refractivity contribution in [1.82, 2.24) is 4.90 Å². The minimum Gasteiger partial charge on any atom is -0.508 e. The molecule has 0 aliphatic carbocycles. The first kappa shape index (κ1) is 11.3. The van der Waals surface area contributed by atoms with Crippen LogP contribution in [0.2, 0.25) is 0 Å². The number of amides is 1. The molecule has 0 radical (unpaired) electrons. The quantitative estimate of drug-likeness (QED) is 0.855. The molecule has 0 saturated heterocycles. The van der Waals surface area contributed by atoms with Crippen molar-refractivity contribution in [3.05, 3.63) is 51.7 Å². The number of phenolic OH excluding ortho intramolecular Hbond substituents is 1. The van der Waals surface area contributed by atoms with Crippen LogP contribution >= 0.6 is 11.3 Å². The van der Waals surface area contributed by atoms with Crippen LogP contribution in [-0.4, -0.2) is 22.5 Å². The largest absolute Gasteiger partial charge is 0.508 e. The molecule has 0 saturated carbocycles. The van der Waals surface area contributed by atoms with E-state index in [4.69, 9.17) is 0 Å². The zero-order chi connectivity index (χ0) is 12.5. The number of benzene rings is 1. The first-order chi connectivity index (χ1) is 8.74. The molecular formula is C14H13NO2S. The fraction of sp³-hybridized carbons (Fsp3) is 0.214. The normalized spacial score (nSPS) is 14.3. The highest BCUT2D eigenvalue weighted by atomic mass is 32.1. The lowest BCUT2D eigenvalue weighted by atomic mass is 10.1. The highest BCUT2D eigenvalue weighted by molar-refractivity contribution is 7.10. The van der Waals surface area contributed by atoms with Crippen molar-refractivity contribution in [2.75, 3.05) is 6.54 Å². The van der Waals surface area contributed by atoms with Gasteiger partial charge in [0.05, 0.1) is 0 Å². The molecule has 0 spiro atoms. The van der Waals surface area contributed by atoms with Gasteiger partial charge < -0.3 is 10.0 Å². The molecule has 3 nitrogen and oxygen atoms in total. The van der Waals surface area contributed by atoms with Gasteiger partial charge in [-0.15, -0.1) is 11.3 Å². The molecule has 0 unspecified atom stereocenters. The Morgan fingerprint density at radius 2 is 2.00 bits per heavy atom. The van der Waals surface area contributed by atoms with E-state index in [0.29, 0.717) is 12.1 Å². The minimum absolute atomic E-state index is 0.0341. The molecule has 1 aromatic carbocycles. The predicted octanol–water partition coefficient (Wildman–Crippen LogP) is 2.65. The zero-order valence-corrected chi connectivity index (χ0v) is 10.6. The Labute approximate surface area is 109 Å². The molecule has 0 atom stereocenters. The van der Waals surface area contributed by atoms with Crippen molar-refractivity contribution in [2.24, 2.45) is 0 Å². The van der Waals surface area contributed by atoms with E-state index in [0.717, 1.165) is 13.0 Å². The van der Waals surface area contributed by atoms with E-state index in [1.54, 1.807) is 35.6 Å². The molecule has 1 aromatic heterocycles. The summed E-state index contributed by atoms with van der Waals surface area (Å²) in [5.41, 5.74) is 1.89. The number of carbonyl (C=O) groups excluding carboxylic acids is 1. The van der Waals surface area contributed by atoms with Crippen LogP contribution in [0.15, 0.2) is 35.7 Å². The number of fused-ring (bicyclic) bond motifs is 1. The molecule has 1 amide bonds. The third-order valence-corrected chi connectivity index (χ3v) is 4.23. The predicted molar refractivity (Wildman–Crippen MR) is 70.9 cm³/mol. The van der Waals surface area contributed by atoms with Crippen molar-refractivity contribution >= 4 is 17.2 Å². The summed E-state index contributed by atoms with van der Waals surface area (Å²) in [4.78, 5) is 15.5. The summed E-state index contributed by atoms with van der Waals surface area (Å²) >= 11 is 1.77. The summed E-state index contributed by atoms with van der Waals surface area (Å²) < 4.78 is 0. The van der Waals surface area contributed by atoms with Gasteiger partial charge in [0.25, 0.3) is 5.91 Å². The Morgan fingerprint density at radius 1 is 1.22 bits per heavy atom. The van der Waals surface area contributed by atoms with Crippen LogP contribution in [0.4, 0.5) is 0 Å². The number of hydrogen-bond donors (Lipinski definition) is 1. The van der Waals surface area contributed by atoms with Gasteiger partial charge in [-0.25, -0.2) is 0 Å². The maximum atomic E-state index is 12.3. The monoisotopic (exact) mass is 259 g/mol. The molecular weight excluding hydrogens is 246 g/mol. The van der Waals surface area contributed by atoms with Crippen LogP contribution in [-0.2, 0) is 13.0 Å². The molecule has 1 aliphatic rings. The first-order valence-corrected chi connectivity index (χ1v) is 6.75. The van der Waals surface area contributed by atoms with Crippen LogP contribution in [0.5, 0.6) is 5.75 Å². The second-order valence-electron chi connectivity index (χ2n) is 4.39. The van der Waals surface area contributed by atoms with E-state index in [9.17, 15) is 9.90 Å². The number of thiophene rings is 1. The Hall–Kier alpha value is -1.81. The van der Waals surface area contributed by atoms with Crippen LogP contribution in [0, 0.1) is 0 Å². The smallest absolute Gasteiger partial charge is 0.254 e. The molecule has 3 rings (SSSR count). The lowest BCUT2D eigenvalue weighted by molar-refractivity contribution is 0.0736. The second kappa shape index (κ2) is 4.46. The van der Waals surface area contributed by atoms with Gasteiger partial charge in [0, 0.05) is 23.5 Å². The zero-order valence-electron chi connectivity index (χ0n) is 9.80. The fourth-order valence-corrected chi connectivity index (χ4v) is 3.10. The van der Waals surface area contributed by atoms with Crippen molar-refractivity contribution in [3.8, 4) is 5.75 Å². The third kappa shape index (κ3) is 1.99. The number of nitrogens with zero attached hydrogens (tertiary/aromatic N) is 1. The maximum absolute atomic E-state index is 12.3. The lowest BCUT2D eigenvalue weighted by Gasteiger charge is -2.27. The molecule has 1 aliphatic heterocycles. The van der Waals surface area contributed by atoms with Gasteiger partial charge in [0.15, 0.2) is 0 Å². The minimum atomic E-state index is 0.0341. The Balaban J connectivity index is 1.80. The number of carbonyl (C=O) groups is 1. The first-order valence-electron chi connectivity index (χ1n) is 5.87. The van der Waals surface area contributed by atoms with Gasteiger partial charge in [-0.05, 0) is 47.7 Å². The van der Waals surface area contributed by atoms with Crippen molar-refractivity contribution in [2.45, 2.75) is 13.0 Å². The SMILES string of the molecule is O=C(c1ccc(O)cc1)N1CCc2sccc2C1. The molecule has 18 heavy (non-hydrogen) atoms. The van der Waals surface area contributed by atoms with Gasteiger partial charge in [-0.2, -0.15) is 0 Å². The van der Waals surface area contributed by atoms with Gasteiger partial charge in [-0.3, -0.25) is 4.79 Å². The van der Waals surface area contributed by atoms with Crippen molar-refractivity contribution < 1.29 is 9.90 Å². The summed E-state index contributed by atoms with van der Waals surface area (Å²) in [6.07, 6.45) is 0.941. The van der Waals surface area contributed by atoms with E-state index < -0.39 is 0 Å². The Morgan fingerprint density at radius 3 is 2.78 bits per heavy atom. The average molecular weight is 259 g/mol. The van der Waals surface area contributed by atoms with E-state index in [1.807, 2.05) is 4.90 Å². The number of rotatable bonds is 1. The number of aromatic hydroxyl groups is 1. The van der Waals surface area contributed by atoms with Gasteiger partial charge in [-0.1, -0.05) is 0 Å². The topological polar surface area (TPSA) is 40.5 Å². The van der Waals surface area contributed by atoms with Gasteiger partial charge in [0.2, 0.25) is 0 Å². The fourth-order valence-electron chi connectivity index (χ4n) is 2.21.